The molecular formula is C23H20N4O4. The lowest BCUT2D eigenvalue weighted by molar-refractivity contribution is 0.0520. The summed E-state index contributed by atoms with van der Waals surface area (Å²) in [7, 11) is 1.61. The van der Waals surface area contributed by atoms with Crippen LogP contribution >= 0.6 is 0 Å². The number of imidazole rings is 1. The molecule has 0 saturated heterocycles. The molecule has 31 heavy (non-hydrogen) atoms. The van der Waals surface area contributed by atoms with Crippen molar-refractivity contribution in [2.24, 2.45) is 0 Å². The van der Waals surface area contributed by atoms with E-state index in [0.29, 0.717) is 17.1 Å². The number of benzene rings is 2. The molecule has 3 N–H and O–H groups in total. The fourth-order valence-corrected chi connectivity index (χ4v) is 3.94. The zero-order valence-corrected chi connectivity index (χ0v) is 17.0. The SMILES string of the molecule is CCOC(=O)c1[nH]c2ccccc2c1-n1c(-c2c[nH]c3ccc(OC)cc23)c[nH]c1=O. The Morgan fingerprint density at radius 1 is 1.03 bits per heavy atom. The van der Waals surface area contributed by atoms with E-state index in [1.165, 1.54) is 4.57 Å². The van der Waals surface area contributed by atoms with Crippen LogP contribution in [0.25, 0.3) is 38.8 Å². The maximum Gasteiger partial charge on any atom is 0.356 e. The minimum Gasteiger partial charge on any atom is -0.497 e. The summed E-state index contributed by atoms with van der Waals surface area (Å²) in [5, 5.41) is 1.63. The molecule has 0 atom stereocenters. The number of aromatic amines is 3. The predicted molar refractivity (Wildman–Crippen MR) is 118 cm³/mol. The molecule has 0 unspecified atom stereocenters. The molecule has 0 fully saturated rings. The maximum absolute atomic E-state index is 13.0. The van der Waals surface area contributed by atoms with Crippen molar-refractivity contribution >= 4 is 27.8 Å². The third-order valence-electron chi connectivity index (χ3n) is 5.32. The van der Waals surface area contributed by atoms with Gasteiger partial charge in [-0.25, -0.2) is 9.59 Å². The number of hydrogen-bond acceptors (Lipinski definition) is 4. The van der Waals surface area contributed by atoms with Crippen molar-refractivity contribution in [3.05, 3.63) is 71.0 Å². The molecule has 5 rings (SSSR count). The molecule has 0 saturated carbocycles. The van der Waals surface area contributed by atoms with Crippen LogP contribution in [0.3, 0.4) is 0 Å². The van der Waals surface area contributed by atoms with Gasteiger partial charge in [-0.2, -0.15) is 0 Å². The highest BCUT2D eigenvalue weighted by atomic mass is 16.5. The van der Waals surface area contributed by atoms with Crippen LogP contribution in [0.1, 0.15) is 17.4 Å². The first-order valence-electron chi connectivity index (χ1n) is 9.86. The molecule has 5 aromatic rings. The second-order valence-corrected chi connectivity index (χ2v) is 7.04. The predicted octanol–water partition coefficient (Wildman–Crippen LogP) is 3.98. The van der Waals surface area contributed by atoms with Crippen molar-refractivity contribution < 1.29 is 14.3 Å². The molecule has 2 aromatic carbocycles. The van der Waals surface area contributed by atoms with Crippen LogP contribution in [0.5, 0.6) is 5.75 Å². The first-order valence-corrected chi connectivity index (χ1v) is 9.86. The Labute approximate surface area is 176 Å². The number of methoxy groups -OCH3 is 1. The molecule has 0 bridgehead atoms. The van der Waals surface area contributed by atoms with Gasteiger partial charge in [-0.05, 0) is 31.2 Å². The van der Waals surface area contributed by atoms with Crippen LogP contribution < -0.4 is 10.4 Å². The molecular weight excluding hydrogens is 396 g/mol. The van der Waals surface area contributed by atoms with E-state index < -0.39 is 5.97 Å². The Morgan fingerprint density at radius 3 is 2.68 bits per heavy atom. The van der Waals surface area contributed by atoms with Crippen LogP contribution in [0.4, 0.5) is 0 Å². The zero-order valence-electron chi connectivity index (χ0n) is 17.0. The van der Waals surface area contributed by atoms with Gasteiger partial charge in [0.05, 0.1) is 25.1 Å². The second kappa shape index (κ2) is 7.24. The lowest BCUT2D eigenvalue weighted by Gasteiger charge is -2.09. The van der Waals surface area contributed by atoms with Crippen molar-refractivity contribution in [2.45, 2.75) is 6.92 Å². The maximum atomic E-state index is 13.0. The van der Waals surface area contributed by atoms with Crippen LogP contribution in [-0.4, -0.2) is 39.2 Å². The smallest absolute Gasteiger partial charge is 0.356 e. The number of ether oxygens (including phenoxy) is 2. The highest BCUT2D eigenvalue weighted by molar-refractivity contribution is 6.04. The summed E-state index contributed by atoms with van der Waals surface area (Å²) in [6, 6.07) is 13.1. The first-order chi connectivity index (χ1) is 15.1. The first kappa shape index (κ1) is 18.8. The van der Waals surface area contributed by atoms with Crippen LogP contribution in [0.15, 0.2) is 59.7 Å². The van der Waals surface area contributed by atoms with E-state index in [1.807, 2.05) is 48.7 Å². The van der Waals surface area contributed by atoms with Gasteiger partial charge in [0.25, 0.3) is 0 Å². The van der Waals surface area contributed by atoms with Gasteiger partial charge in [0.2, 0.25) is 0 Å². The second-order valence-electron chi connectivity index (χ2n) is 7.04. The van der Waals surface area contributed by atoms with Crippen LogP contribution in [0.2, 0.25) is 0 Å². The minimum atomic E-state index is -0.520. The Kier molecular flexibility index (Phi) is 4.39. The van der Waals surface area contributed by atoms with Crippen molar-refractivity contribution in [1.29, 1.82) is 0 Å². The van der Waals surface area contributed by atoms with E-state index in [2.05, 4.69) is 15.0 Å². The number of nitrogens with zero attached hydrogens (tertiary/aromatic N) is 1. The third kappa shape index (κ3) is 2.92. The standard InChI is InChI=1S/C23H20N4O4/c1-3-31-22(28)20-21(14-6-4-5-7-18(14)26-20)27-19(12-25-23(27)29)16-11-24-17-9-8-13(30-2)10-15(16)17/h4-12,24,26H,3H2,1-2H3,(H,25,29). The number of carbonyl (C=O) groups is 1. The Morgan fingerprint density at radius 2 is 1.87 bits per heavy atom. The van der Waals surface area contributed by atoms with Crippen molar-refractivity contribution in [1.82, 2.24) is 19.5 Å². The summed E-state index contributed by atoms with van der Waals surface area (Å²) in [4.78, 5) is 34.8. The van der Waals surface area contributed by atoms with E-state index in [0.717, 1.165) is 27.4 Å². The van der Waals surface area contributed by atoms with E-state index in [1.54, 1.807) is 20.2 Å². The number of fused-ring (bicyclic) bond motifs is 2. The highest BCUT2D eigenvalue weighted by Crippen LogP contribution is 2.34. The molecule has 0 aliphatic rings. The lowest BCUT2D eigenvalue weighted by atomic mass is 10.1. The highest BCUT2D eigenvalue weighted by Gasteiger charge is 2.25. The summed E-state index contributed by atoms with van der Waals surface area (Å²) >= 11 is 0. The van der Waals surface area contributed by atoms with Gasteiger partial charge in [-0.15, -0.1) is 0 Å². The van der Waals surface area contributed by atoms with Crippen LogP contribution in [0, 0.1) is 0 Å². The minimum absolute atomic E-state index is 0.225. The molecule has 0 aliphatic heterocycles. The number of H-pyrrole nitrogens is 3. The fourth-order valence-electron chi connectivity index (χ4n) is 3.94. The van der Waals surface area contributed by atoms with Gasteiger partial charge in [0, 0.05) is 39.8 Å². The van der Waals surface area contributed by atoms with Gasteiger partial charge in [-0.1, -0.05) is 18.2 Å². The van der Waals surface area contributed by atoms with E-state index in [-0.39, 0.29) is 18.0 Å². The van der Waals surface area contributed by atoms with Gasteiger partial charge in [-0.3, -0.25) is 4.57 Å². The average Bonchev–Trinajstić information content (AvgIpc) is 3.47. The molecule has 3 heterocycles. The fraction of sp³-hybridized carbons (Fsp3) is 0.130. The summed E-state index contributed by atoms with van der Waals surface area (Å²) in [6.45, 7) is 1.97. The number of carbonyl (C=O) groups excluding carboxylic acids is 1. The quantitative estimate of drug-likeness (QED) is 0.377. The molecule has 0 spiro atoms. The average molecular weight is 416 g/mol. The molecule has 8 nitrogen and oxygen atoms in total. The molecule has 0 aliphatic carbocycles. The van der Waals surface area contributed by atoms with E-state index in [4.69, 9.17) is 9.47 Å². The number of hydrogen-bond donors (Lipinski definition) is 3. The molecule has 8 heteroatoms. The zero-order chi connectivity index (χ0) is 21.5. The normalized spacial score (nSPS) is 11.3. The largest absolute Gasteiger partial charge is 0.497 e. The van der Waals surface area contributed by atoms with E-state index in [9.17, 15) is 9.59 Å². The monoisotopic (exact) mass is 416 g/mol. The van der Waals surface area contributed by atoms with Crippen molar-refractivity contribution in [2.75, 3.05) is 13.7 Å². The van der Waals surface area contributed by atoms with E-state index >= 15 is 0 Å². The Hall–Kier alpha value is -4.20. The third-order valence-corrected chi connectivity index (χ3v) is 5.32. The number of aromatic nitrogens is 4. The van der Waals surface area contributed by atoms with Crippen molar-refractivity contribution in [3.8, 4) is 22.7 Å². The number of rotatable bonds is 5. The molecule has 0 radical (unpaired) electrons. The number of para-hydroxylation sites is 1. The molecule has 0 amide bonds. The van der Waals surface area contributed by atoms with Gasteiger partial charge >= 0.3 is 11.7 Å². The summed E-state index contributed by atoms with van der Waals surface area (Å²) < 4.78 is 12.1. The summed E-state index contributed by atoms with van der Waals surface area (Å²) in [5.41, 5.74) is 3.37. The Bertz CT molecular complexity index is 1480. The summed E-state index contributed by atoms with van der Waals surface area (Å²) in [5.74, 6) is 0.186. The topological polar surface area (TPSA) is 105 Å². The molecule has 156 valence electrons. The lowest BCUT2D eigenvalue weighted by Crippen LogP contribution is -2.19. The number of nitrogens with one attached hydrogen (secondary N) is 3. The number of esters is 1. The summed E-state index contributed by atoms with van der Waals surface area (Å²) in [6.07, 6.45) is 3.48. The van der Waals surface area contributed by atoms with Crippen LogP contribution in [-0.2, 0) is 4.74 Å². The van der Waals surface area contributed by atoms with Gasteiger partial charge in [0.15, 0.2) is 5.69 Å². The molecule has 3 aromatic heterocycles. The Balaban J connectivity index is 1.81. The van der Waals surface area contributed by atoms with Crippen molar-refractivity contribution in [3.63, 3.8) is 0 Å². The van der Waals surface area contributed by atoms with Gasteiger partial charge in [0.1, 0.15) is 5.75 Å². The van der Waals surface area contributed by atoms with Gasteiger partial charge < -0.3 is 24.4 Å².